The van der Waals surface area contributed by atoms with Crippen molar-refractivity contribution in [1.82, 2.24) is 0 Å². The molecule has 0 aromatic rings. The number of carbonyl (C=O) groups excluding carboxylic acids is 1. The van der Waals surface area contributed by atoms with Crippen molar-refractivity contribution < 1.29 is 18.3 Å². The molecule has 0 aliphatic heterocycles. The molecule has 4 aliphatic rings. The zero-order valence-corrected chi connectivity index (χ0v) is 23.4. The number of hydrogen-bond acceptors (Lipinski definition) is 2. The second-order valence-electron chi connectivity index (χ2n) is 13.0. The lowest BCUT2D eigenvalue weighted by atomic mass is 9.47. The Morgan fingerprint density at radius 1 is 1.06 bits per heavy atom. The molecule has 4 rings (SSSR count). The Bertz CT molecular complexity index is 733. The molecule has 0 heterocycles. The maximum absolute atomic E-state index is 12.6. The molecule has 0 amide bonds. The summed E-state index contributed by atoms with van der Waals surface area (Å²) < 4.78 is 28.3. The van der Waals surface area contributed by atoms with Gasteiger partial charge in [-0.15, -0.1) is 0 Å². The summed E-state index contributed by atoms with van der Waals surface area (Å²) in [5.74, 6) is 4.34. The maximum Gasteiger partial charge on any atom is 0.337 e. The molecule has 4 aliphatic carbocycles. The molecule has 0 bridgehead atoms. The smallest absolute Gasteiger partial charge is 0.337 e. The zero-order chi connectivity index (χ0) is 25.8. The van der Waals surface area contributed by atoms with E-state index < -0.39 is 12.6 Å². The van der Waals surface area contributed by atoms with Crippen molar-refractivity contribution in [2.75, 3.05) is 13.3 Å². The van der Waals surface area contributed by atoms with E-state index in [-0.39, 0.29) is 18.2 Å². The van der Waals surface area contributed by atoms with Gasteiger partial charge in [0, 0.05) is 6.42 Å². The van der Waals surface area contributed by atoms with Gasteiger partial charge in [-0.3, -0.25) is 4.39 Å². The predicted molar refractivity (Wildman–Crippen MR) is 141 cm³/mol. The summed E-state index contributed by atoms with van der Waals surface area (Å²) >= 11 is 0. The second kappa shape index (κ2) is 12.1. The van der Waals surface area contributed by atoms with Gasteiger partial charge in [-0.2, -0.15) is 0 Å². The summed E-state index contributed by atoms with van der Waals surface area (Å²) in [6, 6.07) is 0. The van der Waals surface area contributed by atoms with Crippen LogP contribution >= 0.6 is 0 Å². The monoisotopic (exact) mass is 494 g/mol. The minimum atomic E-state index is -1.01. The van der Waals surface area contributed by atoms with Gasteiger partial charge >= 0.3 is 5.97 Å². The largest absolute Gasteiger partial charge is 0.460 e. The van der Waals surface area contributed by atoms with Crippen LogP contribution in [0, 0.1) is 46.3 Å². The third kappa shape index (κ3) is 5.98. The number of ether oxygens (including phenoxy) is 1. The fraction of sp³-hybridized carbons (Fsp3) is 0.903. The van der Waals surface area contributed by atoms with Crippen molar-refractivity contribution >= 4 is 5.97 Å². The topological polar surface area (TPSA) is 26.3 Å². The average Bonchev–Trinajstić information content (AvgIpc) is 3.16. The lowest BCUT2D eigenvalue weighted by Crippen LogP contribution is -2.51. The predicted octanol–water partition coefficient (Wildman–Crippen LogP) is 8.88. The Morgan fingerprint density at radius 2 is 1.77 bits per heavy atom. The van der Waals surface area contributed by atoms with Gasteiger partial charge in [-0.05, 0) is 98.2 Å². The highest BCUT2D eigenvalue weighted by Gasteiger charge is 2.59. The van der Waals surface area contributed by atoms with Crippen molar-refractivity contribution in [3.63, 3.8) is 0 Å². The summed E-state index contributed by atoms with van der Waals surface area (Å²) in [5.41, 5.74) is 2.28. The molecule has 8 unspecified atom stereocenters. The van der Waals surface area contributed by atoms with Crippen LogP contribution in [0.3, 0.4) is 0 Å². The highest BCUT2D eigenvalue weighted by Crippen LogP contribution is 2.67. The van der Waals surface area contributed by atoms with Crippen LogP contribution in [-0.4, -0.2) is 25.4 Å². The maximum atomic E-state index is 12.6. The van der Waals surface area contributed by atoms with Crippen LogP contribution < -0.4 is 0 Å². The van der Waals surface area contributed by atoms with Crippen LogP contribution in [0.15, 0.2) is 11.6 Å². The van der Waals surface area contributed by atoms with Crippen molar-refractivity contribution in [3.8, 4) is 0 Å². The Labute approximate surface area is 214 Å². The average molecular weight is 495 g/mol. The molecule has 0 aromatic heterocycles. The third-order valence-corrected chi connectivity index (χ3v) is 10.7. The van der Waals surface area contributed by atoms with Gasteiger partial charge in [0.2, 0.25) is 0 Å². The van der Waals surface area contributed by atoms with Crippen LogP contribution in [0.25, 0.3) is 0 Å². The summed E-state index contributed by atoms with van der Waals surface area (Å²) in [6.45, 7) is 12.6. The highest BCUT2D eigenvalue weighted by molar-refractivity contribution is 5.70. The number of esters is 1. The number of carbonyl (C=O) groups is 1. The number of halogens is 2. The second-order valence-corrected chi connectivity index (χ2v) is 13.0. The number of fused-ring (bicyclic) bond motifs is 5. The molecule has 35 heavy (non-hydrogen) atoms. The van der Waals surface area contributed by atoms with Crippen LogP contribution in [0.2, 0.25) is 0 Å². The van der Waals surface area contributed by atoms with E-state index in [9.17, 15) is 13.6 Å². The lowest BCUT2D eigenvalue weighted by molar-refractivity contribution is -0.152. The fourth-order valence-electron chi connectivity index (χ4n) is 8.97. The summed E-state index contributed by atoms with van der Waals surface area (Å²) in [7, 11) is 0. The van der Waals surface area contributed by atoms with Gasteiger partial charge < -0.3 is 4.74 Å². The molecule has 202 valence electrons. The minimum absolute atomic E-state index is 0.120. The molecule has 3 saturated carbocycles. The van der Waals surface area contributed by atoms with Crippen molar-refractivity contribution in [2.45, 2.75) is 118 Å². The van der Waals surface area contributed by atoms with Crippen molar-refractivity contribution in [2.24, 2.45) is 46.3 Å². The standard InChI is InChI=1S/C29H47FO2.C2H5F/c1-19(2)7-6-8-20(3)24-11-12-25-23-10-9-21-17-22(32-27(31)18-30)13-15-28(21,4)26(23)14-16-29(24,25)5;1-2-3/h9,19-20,22-26H,6-8,10-18H2,1-5H3;2H2,1H3. The van der Waals surface area contributed by atoms with Gasteiger partial charge in [0.15, 0.2) is 6.67 Å². The molecule has 0 aromatic carbocycles. The van der Waals surface area contributed by atoms with Crippen LogP contribution in [0.5, 0.6) is 0 Å². The molecule has 0 spiro atoms. The van der Waals surface area contributed by atoms with E-state index in [0.717, 1.165) is 54.8 Å². The molecule has 4 heteroatoms. The Morgan fingerprint density at radius 3 is 2.43 bits per heavy atom. The van der Waals surface area contributed by atoms with E-state index >= 15 is 0 Å². The van der Waals surface area contributed by atoms with Crippen molar-refractivity contribution in [1.29, 1.82) is 0 Å². The molecule has 0 N–H and O–H groups in total. The Hall–Kier alpha value is -0.930. The zero-order valence-electron chi connectivity index (χ0n) is 23.4. The van der Waals surface area contributed by atoms with Crippen LogP contribution in [0.1, 0.15) is 112 Å². The number of hydrogen-bond donors (Lipinski definition) is 0. The van der Waals surface area contributed by atoms with Gasteiger partial charge in [0.25, 0.3) is 0 Å². The molecule has 3 fully saturated rings. The molecule has 0 saturated heterocycles. The summed E-state index contributed by atoms with van der Waals surface area (Å²) in [4.78, 5) is 11.5. The lowest BCUT2D eigenvalue weighted by Gasteiger charge is -2.58. The fourth-order valence-corrected chi connectivity index (χ4v) is 8.97. The number of allylic oxidation sites excluding steroid dienone is 1. The van der Waals surface area contributed by atoms with E-state index in [1.165, 1.54) is 63.9 Å². The summed E-state index contributed by atoms with van der Waals surface area (Å²) in [5, 5.41) is 0. The third-order valence-electron chi connectivity index (χ3n) is 10.7. The normalized spacial score (nSPS) is 38.9. The van der Waals surface area contributed by atoms with E-state index in [4.69, 9.17) is 4.74 Å². The van der Waals surface area contributed by atoms with E-state index in [0.29, 0.717) is 5.41 Å². The van der Waals surface area contributed by atoms with Gasteiger partial charge in [-0.1, -0.05) is 65.5 Å². The molecular weight excluding hydrogens is 442 g/mol. The van der Waals surface area contributed by atoms with E-state index in [2.05, 4.69) is 40.7 Å². The van der Waals surface area contributed by atoms with Crippen LogP contribution in [-0.2, 0) is 9.53 Å². The number of alkyl halides is 2. The first-order valence-electron chi connectivity index (χ1n) is 14.6. The van der Waals surface area contributed by atoms with E-state index in [1.54, 1.807) is 0 Å². The SMILES string of the molecule is CC(C)CCCC(C)C1CCC2C3CC=C4CC(OC(=O)CF)CCC4(C)C3CCC12C.CCF. The van der Waals surface area contributed by atoms with Gasteiger partial charge in [0.05, 0.1) is 6.67 Å². The van der Waals surface area contributed by atoms with Gasteiger partial charge in [-0.25, -0.2) is 9.18 Å². The van der Waals surface area contributed by atoms with Crippen molar-refractivity contribution in [3.05, 3.63) is 11.6 Å². The first-order valence-corrected chi connectivity index (χ1v) is 14.6. The summed E-state index contributed by atoms with van der Waals surface area (Å²) in [6.07, 6.45) is 16.2. The molecular formula is C31H52F2O2. The molecule has 0 radical (unpaired) electrons. The van der Waals surface area contributed by atoms with E-state index in [1.807, 2.05) is 0 Å². The quantitative estimate of drug-likeness (QED) is 0.261. The first kappa shape index (κ1) is 28.6. The Balaban J connectivity index is 0.00000108. The minimum Gasteiger partial charge on any atom is -0.460 e. The molecule has 8 atom stereocenters. The number of rotatable bonds is 7. The van der Waals surface area contributed by atoms with Crippen LogP contribution in [0.4, 0.5) is 8.78 Å². The van der Waals surface area contributed by atoms with Gasteiger partial charge in [0.1, 0.15) is 6.10 Å². The molecule has 2 nitrogen and oxygen atoms in total. The highest BCUT2D eigenvalue weighted by atomic mass is 19.1. The first-order chi connectivity index (χ1) is 16.6. The Kier molecular flexibility index (Phi) is 9.88.